The van der Waals surface area contributed by atoms with E-state index in [4.69, 9.17) is 0 Å². The fraction of sp³-hybridized carbons (Fsp3) is 0.182. The molecule has 0 saturated carbocycles. The monoisotopic (exact) mass is 512 g/mol. The Kier molecular flexibility index (Phi) is 7.72. The van der Waals surface area contributed by atoms with Gasteiger partial charge in [-0.05, 0) is 61.0 Å². The van der Waals surface area contributed by atoms with Crippen molar-refractivity contribution in [1.29, 1.82) is 0 Å². The van der Waals surface area contributed by atoms with Gasteiger partial charge < -0.3 is 15.2 Å². The average molecular weight is 513 g/mol. The second-order valence-electron chi connectivity index (χ2n) is 7.06. The van der Waals surface area contributed by atoms with Crippen LogP contribution >= 0.6 is 11.8 Å². The molecule has 1 amide bonds. The number of anilines is 1. The fourth-order valence-electron chi connectivity index (χ4n) is 2.81. The van der Waals surface area contributed by atoms with Crippen LogP contribution in [0.5, 0.6) is 11.5 Å². The molecule has 2 N–H and O–H groups in total. The SMILES string of the molecule is CS(=O)(=O)c1cc(NC(=O)c2ccc(CCSc3ccc(OC(F)(F)F)cc3)nc2)ccc1O. The van der Waals surface area contributed by atoms with Crippen LogP contribution in [0.2, 0.25) is 0 Å². The molecule has 0 atom stereocenters. The average Bonchev–Trinajstić information content (AvgIpc) is 2.75. The molecule has 180 valence electrons. The molecule has 1 aromatic heterocycles. The third-order valence-electron chi connectivity index (χ3n) is 4.39. The van der Waals surface area contributed by atoms with Gasteiger partial charge in [-0.3, -0.25) is 9.78 Å². The van der Waals surface area contributed by atoms with Gasteiger partial charge in [-0.1, -0.05) is 0 Å². The molecule has 0 aliphatic rings. The Labute approximate surface area is 197 Å². The number of amides is 1. The lowest BCUT2D eigenvalue weighted by Gasteiger charge is -2.09. The van der Waals surface area contributed by atoms with Crippen molar-refractivity contribution in [2.45, 2.75) is 22.6 Å². The van der Waals surface area contributed by atoms with Crippen molar-refractivity contribution in [3.63, 3.8) is 0 Å². The van der Waals surface area contributed by atoms with Gasteiger partial charge in [0.25, 0.3) is 5.91 Å². The molecule has 0 bridgehead atoms. The number of hydrogen-bond acceptors (Lipinski definition) is 7. The minimum Gasteiger partial charge on any atom is -0.507 e. The number of rotatable bonds is 8. The Morgan fingerprint density at radius 1 is 1.12 bits per heavy atom. The lowest BCUT2D eigenvalue weighted by atomic mass is 10.2. The van der Waals surface area contributed by atoms with Crippen molar-refractivity contribution < 1.29 is 36.2 Å². The van der Waals surface area contributed by atoms with Crippen LogP contribution in [0.3, 0.4) is 0 Å². The number of phenolic OH excluding ortho intramolecular Hbond substituents is 1. The smallest absolute Gasteiger partial charge is 0.507 e. The summed E-state index contributed by atoms with van der Waals surface area (Å²) in [7, 11) is -3.67. The van der Waals surface area contributed by atoms with Crippen molar-refractivity contribution in [3.8, 4) is 11.5 Å². The third kappa shape index (κ3) is 7.39. The number of ether oxygens (including phenoxy) is 1. The first kappa shape index (κ1) is 25.4. The summed E-state index contributed by atoms with van der Waals surface area (Å²) in [5, 5.41) is 12.3. The highest BCUT2D eigenvalue weighted by molar-refractivity contribution is 7.99. The number of thioether (sulfide) groups is 1. The van der Waals surface area contributed by atoms with Crippen LogP contribution in [-0.2, 0) is 16.3 Å². The fourth-order valence-corrected chi connectivity index (χ4v) is 4.47. The van der Waals surface area contributed by atoms with E-state index in [0.29, 0.717) is 17.9 Å². The second-order valence-corrected chi connectivity index (χ2v) is 10.2. The summed E-state index contributed by atoms with van der Waals surface area (Å²) in [5.41, 5.74) is 1.17. The molecular formula is C22H19F3N2O5S2. The molecular weight excluding hydrogens is 493 g/mol. The van der Waals surface area contributed by atoms with E-state index < -0.39 is 27.9 Å². The van der Waals surface area contributed by atoms with Gasteiger partial charge >= 0.3 is 6.36 Å². The van der Waals surface area contributed by atoms with E-state index >= 15 is 0 Å². The maximum atomic E-state index is 12.4. The van der Waals surface area contributed by atoms with Gasteiger partial charge in [0.05, 0.1) is 5.56 Å². The maximum absolute atomic E-state index is 12.4. The molecule has 0 aliphatic heterocycles. The number of aromatic nitrogens is 1. The van der Waals surface area contributed by atoms with Gasteiger partial charge in [0.1, 0.15) is 16.4 Å². The molecule has 7 nitrogen and oxygen atoms in total. The summed E-state index contributed by atoms with van der Waals surface area (Å²) in [4.78, 5) is 17.2. The highest BCUT2D eigenvalue weighted by atomic mass is 32.2. The first-order chi connectivity index (χ1) is 15.9. The number of aryl methyl sites for hydroxylation is 1. The van der Waals surface area contributed by atoms with E-state index in [1.165, 1.54) is 60.4 Å². The molecule has 12 heteroatoms. The Morgan fingerprint density at radius 2 is 1.82 bits per heavy atom. The van der Waals surface area contributed by atoms with Crippen LogP contribution in [0.4, 0.5) is 18.9 Å². The normalized spacial score (nSPS) is 11.8. The minimum absolute atomic E-state index is 0.204. The summed E-state index contributed by atoms with van der Waals surface area (Å²) in [6, 6.07) is 12.5. The van der Waals surface area contributed by atoms with E-state index in [1.807, 2.05) is 0 Å². The topological polar surface area (TPSA) is 106 Å². The third-order valence-corrected chi connectivity index (χ3v) is 6.53. The van der Waals surface area contributed by atoms with E-state index in [2.05, 4.69) is 15.0 Å². The molecule has 0 spiro atoms. The number of nitrogens with zero attached hydrogens (tertiary/aromatic N) is 1. The Bertz CT molecular complexity index is 1260. The van der Waals surface area contributed by atoms with E-state index in [1.54, 1.807) is 12.1 Å². The Balaban J connectivity index is 1.53. The van der Waals surface area contributed by atoms with Crippen LogP contribution in [0, 0.1) is 0 Å². The number of pyridine rings is 1. The van der Waals surface area contributed by atoms with Crippen LogP contribution in [-0.4, -0.2) is 42.8 Å². The van der Waals surface area contributed by atoms with Crippen molar-refractivity contribution in [3.05, 3.63) is 72.1 Å². The van der Waals surface area contributed by atoms with Crippen LogP contribution < -0.4 is 10.1 Å². The molecule has 3 rings (SSSR count). The van der Waals surface area contributed by atoms with E-state index in [0.717, 1.165) is 11.2 Å². The number of alkyl halides is 3. The van der Waals surface area contributed by atoms with Crippen molar-refractivity contribution in [1.82, 2.24) is 4.98 Å². The molecule has 0 saturated heterocycles. The van der Waals surface area contributed by atoms with Crippen molar-refractivity contribution in [2.75, 3.05) is 17.3 Å². The number of carbonyl (C=O) groups excluding carboxylic acids is 1. The van der Waals surface area contributed by atoms with Crippen LogP contribution in [0.1, 0.15) is 16.1 Å². The lowest BCUT2D eigenvalue weighted by molar-refractivity contribution is -0.274. The van der Waals surface area contributed by atoms with Crippen LogP contribution in [0.25, 0.3) is 0 Å². The highest BCUT2D eigenvalue weighted by Crippen LogP contribution is 2.27. The summed E-state index contributed by atoms with van der Waals surface area (Å²) in [6.45, 7) is 0. The largest absolute Gasteiger partial charge is 0.573 e. The summed E-state index contributed by atoms with van der Waals surface area (Å²) in [5.74, 6) is -0.582. The Hall–Kier alpha value is -3.25. The summed E-state index contributed by atoms with van der Waals surface area (Å²) >= 11 is 1.43. The second kappa shape index (κ2) is 10.3. The van der Waals surface area contributed by atoms with Gasteiger partial charge in [-0.15, -0.1) is 24.9 Å². The van der Waals surface area contributed by atoms with E-state index in [-0.39, 0.29) is 21.9 Å². The van der Waals surface area contributed by atoms with Crippen molar-refractivity contribution in [2.24, 2.45) is 0 Å². The summed E-state index contributed by atoms with van der Waals surface area (Å²) < 4.78 is 63.9. The molecule has 0 fully saturated rings. The van der Waals surface area contributed by atoms with Gasteiger partial charge in [0.2, 0.25) is 0 Å². The first-order valence-corrected chi connectivity index (χ1v) is 12.6. The molecule has 2 aromatic carbocycles. The number of carbonyl (C=O) groups is 1. The zero-order chi connectivity index (χ0) is 24.9. The zero-order valence-corrected chi connectivity index (χ0v) is 19.3. The maximum Gasteiger partial charge on any atom is 0.573 e. The van der Waals surface area contributed by atoms with E-state index in [9.17, 15) is 31.5 Å². The zero-order valence-electron chi connectivity index (χ0n) is 17.7. The van der Waals surface area contributed by atoms with Gasteiger partial charge in [0, 0.05) is 34.5 Å². The predicted octanol–water partition coefficient (Wildman–Crippen LogP) is 4.68. The van der Waals surface area contributed by atoms with Crippen molar-refractivity contribution >= 4 is 33.2 Å². The number of halogens is 3. The molecule has 34 heavy (non-hydrogen) atoms. The lowest BCUT2D eigenvalue weighted by Crippen LogP contribution is -2.16. The van der Waals surface area contributed by atoms with Gasteiger partial charge in [-0.25, -0.2) is 8.42 Å². The molecule has 0 unspecified atom stereocenters. The predicted molar refractivity (Wildman–Crippen MR) is 121 cm³/mol. The van der Waals surface area contributed by atoms with Crippen LogP contribution in [0.15, 0.2) is 70.6 Å². The molecule has 3 aromatic rings. The highest BCUT2D eigenvalue weighted by Gasteiger charge is 2.30. The molecule has 0 aliphatic carbocycles. The van der Waals surface area contributed by atoms with Gasteiger partial charge in [0.15, 0.2) is 9.84 Å². The number of phenols is 1. The number of hydrogen-bond donors (Lipinski definition) is 2. The summed E-state index contributed by atoms with van der Waals surface area (Å²) in [6.07, 6.45) is -1.84. The molecule has 0 radical (unpaired) electrons. The number of benzene rings is 2. The first-order valence-electron chi connectivity index (χ1n) is 9.69. The number of sulfone groups is 1. The quantitative estimate of drug-likeness (QED) is 0.334. The molecule has 1 heterocycles. The minimum atomic E-state index is -4.73. The Morgan fingerprint density at radius 3 is 2.41 bits per heavy atom. The number of aromatic hydroxyl groups is 1. The van der Waals surface area contributed by atoms with Gasteiger partial charge in [-0.2, -0.15) is 0 Å². The standard InChI is InChI=1S/C22H19F3N2O5S2/c1-34(30,31)20-12-16(4-9-19(20)28)27-21(29)14-2-3-15(26-13-14)10-11-33-18-7-5-17(6-8-18)32-22(23,24)25/h2-9,12-13,28H,10-11H2,1H3,(H,27,29). The number of nitrogens with one attached hydrogen (secondary N) is 1.